The Morgan fingerprint density at radius 2 is 1.80 bits per heavy atom. The molecule has 0 saturated carbocycles. The third-order valence-corrected chi connectivity index (χ3v) is 3.91. The third kappa shape index (κ3) is 5.52. The Morgan fingerprint density at radius 1 is 1.30 bits per heavy atom. The van der Waals surface area contributed by atoms with Crippen molar-refractivity contribution in [3.05, 3.63) is 0 Å². The van der Waals surface area contributed by atoms with Crippen LogP contribution in [0.25, 0.3) is 0 Å². The van der Waals surface area contributed by atoms with Gasteiger partial charge in [-0.3, -0.25) is 4.72 Å². The lowest BCUT2D eigenvalue weighted by molar-refractivity contribution is 0.554. The first-order valence-corrected chi connectivity index (χ1v) is 5.11. The van der Waals surface area contributed by atoms with Crippen LogP contribution in [0.4, 0.5) is 0 Å². The minimum absolute atomic E-state index is 0. The monoisotopic (exact) mass is 183 g/mol. The third-order valence-electron chi connectivity index (χ3n) is 0.914. The molecule has 1 unspecified atom stereocenters. The van der Waals surface area contributed by atoms with Gasteiger partial charge in [0.15, 0.2) is 0 Å². The molecule has 0 aromatic rings. The molecule has 0 spiro atoms. The van der Waals surface area contributed by atoms with Crippen LogP contribution < -0.4 is 4.72 Å². The zero-order chi connectivity index (χ0) is 5.33. The first kappa shape index (κ1) is 17.0. The molecule has 0 amide bonds. The van der Waals surface area contributed by atoms with Crippen LogP contribution in [-0.4, -0.2) is 11.7 Å². The second-order valence-corrected chi connectivity index (χ2v) is 4.94. The molecule has 0 aromatic heterocycles. The predicted octanol–water partition coefficient (Wildman–Crippen LogP) is 3.52. The summed E-state index contributed by atoms with van der Waals surface area (Å²) < 4.78 is 3.32. The van der Waals surface area contributed by atoms with Crippen molar-refractivity contribution in [2.45, 2.75) is 41.7 Å². The lowest BCUT2D eigenvalue weighted by atomic mass is 10.1. The molecule has 0 bridgehead atoms. The Bertz CT molecular complexity index is 68.0. The van der Waals surface area contributed by atoms with Crippen molar-refractivity contribution in [3.8, 4) is 0 Å². The molecular formula is C7H22NPS. The summed E-state index contributed by atoms with van der Waals surface area (Å²) in [5.74, 6) is 0. The second kappa shape index (κ2) is 6.45. The summed E-state index contributed by atoms with van der Waals surface area (Å²) in [6.07, 6.45) is 1.33. The summed E-state index contributed by atoms with van der Waals surface area (Å²) in [6.45, 7) is 4.47. The van der Waals surface area contributed by atoms with E-state index in [2.05, 4.69) is 18.6 Å². The van der Waals surface area contributed by atoms with Crippen LogP contribution in [0.15, 0.2) is 0 Å². The molecule has 1 aliphatic heterocycles. The van der Waals surface area contributed by atoms with Crippen molar-refractivity contribution < 1.29 is 0 Å². The lowest BCUT2D eigenvalue weighted by Gasteiger charge is -2.13. The fourth-order valence-electron chi connectivity index (χ4n) is 0.427. The highest BCUT2D eigenvalue weighted by Crippen LogP contribution is 2.38. The van der Waals surface area contributed by atoms with Gasteiger partial charge in [-0.25, -0.2) is 0 Å². The SMILES string of the molecule is C.C.C.CC1(C)CPSN1. The van der Waals surface area contributed by atoms with E-state index in [1.54, 1.807) is 0 Å². The molecule has 1 heterocycles. The van der Waals surface area contributed by atoms with Gasteiger partial charge < -0.3 is 0 Å². The van der Waals surface area contributed by atoms with E-state index in [-0.39, 0.29) is 22.3 Å². The second-order valence-electron chi connectivity index (χ2n) is 2.41. The topological polar surface area (TPSA) is 12.0 Å². The smallest absolute Gasteiger partial charge is 0.0274 e. The Labute approximate surface area is 72.4 Å². The molecule has 1 aliphatic rings. The molecular weight excluding hydrogens is 161 g/mol. The molecule has 10 heavy (non-hydrogen) atoms. The number of hydrogen-bond acceptors (Lipinski definition) is 2. The Balaban J connectivity index is -0.000000163. The maximum atomic E-state index is 3.32. The molecule has 1 saturated heterocycles. The van der Waals surface area contributed by atoms with Crippen molar-refractivity contribution in [1.29, 1.82) is 0 Å². The standard InChI is InChI=1S/C4H10NPS.3CH4/c1-4(2)3-6-7-5-4;;;/h5-6H,3H2,1-2H3;3*1H4. The maximum absolute atomic E-state index is 3.32. The van der Waals surface area contributed by atoms with Gasteiger partial charge >= 0.3 is 0 Å². The first-order chi connectivity index (χ1) is 3.21. The van der Waals surface area contributed by atoms with Crippen LogP contribution in [-0.2, 0) is 0 Å². The largest absolute Gasteiger partial charge is 0.255 e. The quantitative estimate of drug-likeness (QED) is 0.455. The van der Waals surface area contributed by atoms with Crippen molar-refractivity contribution >= 4 is 19.4 Å². The van der Waals surface area contributed by atoms with E-state index < -0.39 is 0 Å². The van der Waals surface area contributed by atoms with Crippen LogP contribution in [0, 0.1) is 0 Å². The van der Waals surface area contributed by atoms with Gasteiger partial charge in [0.05, 0.1) is 0 Å². The number of nitrogens with one attached hydrogen (secondary N) is 1. The lowest BCUT2D eigenvalue weighted by Crippen LogP contribution is -2.31. The van der Waals surface area contributed by atoms with Crippen LogP contribution >= 0.6 is 19.4 Å². The molecule has 1 nitrogen and oxygen atoms in total. The molecule has 1 atom stereocenters. The van der Waals surface area contributed by atoms with Crippen LogP contribution in [0.2, 0.25) is 0 Å². The Hall–Kier alpha value is 0.740. The van der Waals surface area contributed by atoms with E-state index in [1.807, 2.05) is 11.6 Å². The predicted molar refractivity (Wildman–Crippen MR) is 58.2 cm³/mol. The first-order valence-electron chi connectivity index (χ1n) is 2.37. The van der Waals surface area contributed by atoms with Gasteiger partial charge in [0.25, 0.3) is 0 Å². The van der Waals surface area contributed by atoms with Gasteiger partial charge in [-0.05, 0) is 27.8 Å². The summed E-state index contributed by atoms with van der Waals surface area (Å²) in [4.78, 5) is 0. The minimum atomic E-state index is 0. The highest BCUT2D eigenvalue weighted by atomic mass is 32.7. The fraction of sp³-hybridized carbons (Fsp3) is 1.00. The average Bonchev–Trinajstić information content (AvgIpc) is 1.84. The highest BCUT2D eigenvalue weighted by Gasteiger charge is 2.21. The van der Waals surface area contributed by atoms with Crippen LogP contribution in [0.3, 0.4) is 0 Å². The normalized spacial score (nSPS) is 22.2. The minimum Gasteiger partial charge on any atom is -0.255 e. The summed E-state index contributed by atoms with van der Waals surface area (Å²) in [5, 5.41) is 0. The fourth-order valence-corrected chi connectivity index (χ4v) is 3.84. The molecule has 1 rings (SSSR count). The van der Waals surface area contributed by atoms with Crippen LogP contribution in [0.5, 0.6) is 0 Å². The molecule has 0 aromatic carbocycles. The van der Waals surface area contributed by atoms with E-state index in [4.69, 9.17) is 0 Å². The molecule has 3 heteroatoms. The van der Waals surface area contributed by atoms with Crippen molar-refractivity contribution in [3.63, 3.8) is 0 Å². The zero-order valence-corrected chi connectivity index (χ0v) is 6.43. The van der Waals surface area contributed by atoms with Gasteiger partial charge in [-0.2, -0.15) is 0 Å². The van der Waals surface area contributed by atoms with E-state index in [1.165, 1.54) is 6.16 Å². The van der Waals surface area contributed by atoms with E-state index >= 15 is 0 Å². The Kier molecular flexibility index (Phi) is 11.0. The summed E-state index contributed by atoms with van der Waals surface area (Å²) in [5.41, 5.74) is 0.420. The molecule has 1 N–H and O–H groups in total. The molecule has 66 valence electrons. The highest BCUT2D eigenvalue weighted by molar-refractivity contribution is 8.49. The number of hydrogen-bond donors (Lipinski definition) is 1. The number of rotatable bonds is 0. The van der Waals surface area contributed by atoms with Gasteiger partial charge in [-0.15, -0.1) is 0 Å². The maximum Gasteiger partial charge on any atom is 0.0274 e. The van der Waals surface area contributed by atoms with Gasteiger partial charge in [0, 0.05) is 5.54 Å². The summed E-state index contributed by atoms with van der Waals surface area (Å²) in [7, 11) is 1.07. The average molecular weight is 183 g/mol. The van der Waals surface area contributed by atoms with Gasteiger partial charge in [-0.1, -0.05) is 33.8 Å². The van der Waals surface area contributed by atoms with Crippen molar-refractivity contribution in [2.24, 2.45) is 0 Å². The summed E-state index contributed by atoms with van der Waals surface area (Å²) >= 11 is 1.86. The van der Waals surface area contributed by atoms with E-state index in [0.29, 0.717) is 5.54 Å². The molecule has 0 radical (unpaired) electrons. The van der Waals surface area contributed by atoms with Crippen molar-refractivity contribution in [2.75, 3.05) is 6.16 Å². The molecule has 1 fully saturated rings. The van der Waals surface area contributed by atoms with Gasteiger partial charge in [0.2, 0.25) is 0 Å². The summed E-state index contributed by atoms with van der Waals surface area (Å²) in [6, 6.07) is 0. The van der Waals surface area contributed by atoms with E-state index in [9.17, 15) is 0 Å². The molecule has 0 aliphatic carbocycles. The zero-order valence-electron chi connectivity index (χ0n) is 4.62. The van der Waals surface area contributed by atoms with E-state index in [0.717, 1.165) is 7.78 Å². The van der Waals surface area contributed by atoms with Crippen molar-refractivity contribution in [1.82, 2.24) is 4.72 Å². The van der Waals surface area contributed by atoms with Crippen LogP contribution in [0.1, 0.15) is 36.1 Å². The Morgan fingerprint density at radius 3 is 1.90 bits per heavy atom. The van der Waals surface area contributed by atoms with Gasteiger partial charge in [0.1, 0.15) is 0 Å².